The Kier molecular flexibility index (Phi) is 3.64. The molecule has 0 atom stereocenters. The van der Waals surface area contributed by atoms with Crippen molar-refractivity contribution in [2.24, 2.45) is 0 Å². The van der Waals surface area contributed by atoms with E-state index >= 15 is 0 Å². The Morgan fingerprint density at radius 1 is 1.24 bits per heavy atom. The second-order valence-corrected chi connectivity index (χ2v) is 4.21. The summed E-state index contributed by atoms with van der Waals surface area (Å²) < 4.78 is 5.42. The molecule has 0 amide bonds. The van der Waals surface area contributed by atoms with Gasteiger partial charge in [0, 0.05) is 18.0 Å². The molecule has 2 aromatic rings. The lowest BCUT2D eigenvalue weighted by atomic mass is 10.1. The summed E-state index contributed by atoms with van der Waals surface area (Å²) in [7, 11) is 0. The van der Waals surface area contributed by atoms with Crippen LogP contribution in [0.2, 0.25) is 0 Å². The third kappa shape index (κ3) is 2.77. The zero-order valence-corrected chi connectivity index (χ0v) is 10.6. The number of benzene rings is 1. The molecule has 5 heteroatoms. The van der Waals surface area contributed by atoms with Crippen LogP contribution in [0.25, 0.3) is 0 Å². The van der Waals surface area contributed by atoms with E-state index in [1.807, 2.05) is 32.0 Å². The first-order valence-corrected chi connectivity index (χ1v) is 5.95. The average Bonchev–Trinajstić information content (AvgIpc) is 2.72. The van der Waals surface area contributed by atoms with Crippen molar-refractivity contribution in [1.82, 2.24) is 10.2 Å². The van der Waals surface area contributed by atoms with Gasteiger partial charge >= 0.3 is 6.01 Å². The van der Waals surface area contributed by atoms with Crippen molar-refractivity contribution in [3.63, 3.8) is 0 Å². The number of halogens is 1. The van der Waals surface area contributed by atoms with Crippen LogP contribution < -0.4 is 5.32 Å². The number of rotatable bonds is 4. The zero-order chi connectivity index (χ0) is 12.3. The molecule has 0 aliphatic rings. The number of hydrogen-bond donors (Lipinski definition) is 1. The maximum atomic E-state index is 5.61. The van der Waals surface area contributed by atoms with Crippen LogP contribution in [-0.4, -0.2) is 16.1 Å². The van der Waals surface area contributed by atoms with Crippen molar-refractivity contribution >= 4 is 23.3 Å². The quantitative estimate of drug-likeness (QED) is 0.848. The van der Waals surface area contributed by atoms with Crippen LogP contribution in [0.15, 0.2) is 22.6 Å². The van der Waals surface area contributed by atoms with Crippen LogP contribution in [0.1, 0.15) is 17.0 Å². The van der Waals surface area contributed by atoms with E-state index < -0.39 is 0 Å². The van der Waals surface area contributed by atoms with Crippen molar-refractivity contribution in [3.8, 4) is 0 Å². The highest BCUT2D eigenvalue weighted by Crippen LogP contribution is 2.23. The fourth-order valence-corrected chi connectivity index (χ4v) is 1.77. The molecule has 0 aliphatic heterocycles. The number of nitrogens with one attached hydrogen (secondary N) is 1. The fraction of sp³-hybridized carbons (Fsp3) is 0.333. The Balaban J connectivity index is 2.19. The summed E-state index contributed by atoms with van der Waals surface area (Å²) in [6.45, 7) is 4.07. The lowest BCUT2D eigenvalue weighted by Gasteiger charge is -2.08. The second-order valence-electron chi connectivity index (χ2n) is 3.83. The minimum atomic E-state index is 0.405. The average molecular weight is 252 g/mol. The van der Waals surface area contributed by atoms with Crippen molar-refractivity contribution < 1.29 is 4.42 Å². The topological polar surface area (TPSA) is 51.0 Å². The van der Waals surface area contributed by atoms with E-state index in [-0.39, 0.29) is 0 Å². The maximum Gasteiger partial charge on any atom is 0.320 e. The summed E-state index contributed by atoms with van der Waals surface area (Å²) in [4.78, 5) is 0. The van der Waals surface area contributed by atoms with Crippen molar-refractivity contribution in [2.45, 2.75) is 20.3 Å². The Hall–Kier alpha value is -1.55. The third-order valence-electron chi connectivity index (χ3n) is 2.49. The van der Waals surface area contributed by atoms with Gasteiger partial charge in [0.25, 0.3) is 0 Å². The zero-order valence-electron chi connectivity index (χ0n) is 9.83. The van der Waals surface area contributed by atoms with Gasteiger partial charge in [0.15, 0.2) is 0 Å². The third-order valence-corrected chi connectivity index (χ3v) is 2.68. The molecule has 1 N–H and O–H groups in total. The SMILES string of the molecule is Cc1cccc(C)c1Nc1nnc(CCCl)o1. The molecular weight excluding hydrogens is 238 g/mol. The first-order chi connectivity index (χ1) is 8.20. The molecule has 0 saturated carbocycles. The molecule has 1 heterocycles. The van der Waals surface area contributed by atoms with Gasteiger partial charge in [0.1, 0.15) is 0 Å². The molecule has 0 fully saturated rings. The highest BCUT2D eigenvalue weighted by Gasteiger charge is 2.08. The first kappa shape index (κ1) is 11.9. The molecule has 0 bridgehead atoms. The van der Waals surface area contributed by atoms with Gasteiger partial charge in [-0.1, -0.05) is 23.3 Å². The number of para-hydroxylation sites is 1. The molecule has 0 unspecified atom stereocenters. The maximum absolute atomic E-state index is 5.61. The van der Waals surface area contributed by atoms with E-state index in [1.165, 1.54) is 0 Å². The van der Waals surface area contributed by atoms with Crippen molar-refractivity contribution in [1.29, 1.82) is 0 Å². The number of alkyl halides is 1. The lowest BCUT2D eigenvalue weighted by Crippen LogP contribution is -1.95. The van der Waals surface area contributed by atoms with Gasteiger partial charge in [-0.05, 0) is 25.0 Å². The summed E-state index contributed by atoms with van der Waals surface area (Å²) in [5.41, 5.74) is 3.29. The Bertz CT molecular complexity index is 490. The van der Waals surface area contributed by atoms with E-state index in [0.717, 1.165) is 16.8 Å². The van der Waals surface area contributed by atoms with Gasteiger partial charge in [0.2, 0.25) is 5.89 Å². The van der Waals surface area contributed by atoms with E-state index in [4.69, 9.17) is 16.0 Å². The molecule has 1 aromatic carbocycles. The summed E-state index contributed by atoms with van der Waals surface area (Å²) in [6.07, 6.45) is 0.586. The summed E-state index contributed by atoms with van der Waals surface area (Å²) in [6, 6.07) is 6.49. The predicted molar refractivity (Wildman–Crippen MR) is 67.9 cm³/mol. The van der Waals surface area contributed by atoms with Crippen molar-refractivity contribution in [2.75, 3.05) is 11.2 Å². The molecular formula is C12H14ClN3O. The van der Waals surface area contributed by atoms with Crippen LogP contribution >= 0.6 is 11.6 Å². The standard InChI is InChI=1S/C12H14ClN3O/c1-8-4-3-5-9(2)11(8)14-12-16-15-10(17-12)6-7-13/h3-5H,6-7H2,1-2H3,(H,14,16). The van der Waals surface area contributed by atoms with Gasteiger partial charge in [0.05, 0.1) is 0 Å². The van der Waals surface area contributed by atoms with Gasteiger partial charge in [-0.25, -0.2) is 0 Å². The number of hydrogen-bond acceptors (Lipinski definition) is 4. The molecule has 0 aliphatic carbocycles. The summed E-state index contributed by atoms with van der Waals surface area (Å²) in [5, 5.41) is 11.0. The van der Waals surface area contributed by atoms with Gasteiger partial charge in [-0.15, -0.1) is 16.7 Å². The number of aryl methyl sites for hydroxylation is 3. The van der Waals surface area contributed by atoms with E-state index in [1.54, 1.807) is 0 Å². The molecule has 0 radical (unpaired) electrons. The van der Waals surface area contributed by atoms with E-state index in [9.17, 15) is 0 Å². The number of aromatic nitrogens is 2. The van der Waals surface area contributed by atoms with E-state index in [0.29, 0.717) is 24.2 Å². The van der Waals surface area contributed by atoms with E-state index in [2.05, 4.69) is 15.5 Å². The van der Waals surface area contributed by atoms with Crippen LogP contribution in [0.4, 0.5) is 11.7 Å². The smallest absolute Gasteiger partial charge is 0.320 e. The van der Waals surface area contributed by atoms with Gasteiger partial charge in [-0.2, -0.15) is 0 Å². The van der Waals surface area contributed by atoms with Gasteiger partial charge in [-0.3, -0.25) is 0 Å². The highest BCUT2D eigenvalue weighted by molar-refractivity contribution is 6.17. The predicted octanol–water partition coefficient (Wildman–Crippen LogP) is 3.21. The number of anilines is 2. The monoisotopic (exact) mass is 251 g/mol. The summed E-state index contributed by atoms with van der Waals surface area (Å²) in [5.74, 6) is 1.03. The molecule has 1 aromatic heterocycles. The van der Waals surface area contributed by atoms with Crippen LogP contribution in [0, 0.1) is 13.8 Å². The molecule has 0 saturated heterocycles. The Morgan fingerprint density at radius 2 is 1.94 bits per heavy atom. The lowest BCUT2D eigenvalue weighted by molar-refractivity contribution is 0.516. The number of nitrogens with zero attached hydrogens (tertiary/aromatic N) is 2. The van der Waals surface area contributed by atoms with Gasteiger partial charge < -0.3 is 9.73 Å². The molecule has 2 rings (SSSR count). The van der Waals surface area contributed by atoms with Crippen LogP contribution in [0.3, 0.4) is 0 Å². The van der Waals surface area contributed by atoms with Crippen molar-refractivity contribution in [3.05, 3.63) is 35.2 Å². The molecule has 4 nitrogen and oxygen atoms in total. The minimum Gasteiger partial charge on any atom is -0.408 e. The summed E-state index contributed by atoms with van der Waals surface area (Å²) >= 11 is 5.61. The molecule has 90 valence electrons. The largest absolute Gasteiger partial charge is 0.408 e. The highest BCUT2D eigenvalue weighted by atomic mass is 35.5. The van der Waals surface area contributed by atoms with Crippen LogP contribution in [-0.2, 0) is 6.42 Å². The second kappa shape index (κ2) is 5.19. The minimum absolute atomic E-state index is 0.405. The normalized spacial score (nSPS) is 10.5. The Morgan fingerprint density at radius 3 is 2.59 bits per heavy atom. The van der Waals surface area contributed by atoms with Crippen LogP contribution in [0.5, 0.6) is 0 Å². The molecule has 0 spiro atoms. The molecule has 17 heavy (non-hydrogen) atoms. The first-order valence-electron chi connectivity index (χ1n) is 5.42. The Labute approximate surface area is 105 Å². The fourth-order valence-electron chi connectivity index (χ4n) is 1.60.